The van der Waals surface area contributed by atoms with Crippen molar-refractivity contribution in [2.45, 2.75) is 37.8 Å². The second-order valence-electron chi connectivity index (χ2n) is 6.76. The summed E-state index contributed by atoms with van der Waals surface area (Å²) in [5.74, 6) is 3.30. The Hall–Kier alpha value is -1.09. The lowest BCUT2D eigenvalue weighted by molar-refractivity contribution is 0.187. The number of aromatic nitrogens is 2. The third-order valence-corrected chi connectivity index (χ3v) is 7.13. The van der Waals surface area contributed by atoms with E-state index in [1.54, 1.807) is 37.3 Å². The van der Waals surface area contributed by atoms with Crippen molar-refractivity contribution in [3.63, 3.8) is 0 Å². The molecule has 0 spiro atoms. The Balaban J connectivity index is 1.71. The van der Waals surface area contributed by atoms with E-state index < -0.39 is 0 Å². The van der Waals surface area contributed by atoms with Crippen LogP contribution in [0.5, 0.6) is 11.5 Å². The van der Waals surface area contributed by atoms with Gasteiger partial charge in [-0.3, -0.25) is 4.90 Å². The molecule has 0 atom stereocenters. The molecule has 1 aromatic heterocycles. The van der Waals surface area contributed by atoms with Gasteiger partial charge in [0.2, 0.25) is 0 Å². The molecule has 0 amide bonds. The maximum absolute atomic E-state index is 5.51. The lowest BCUT2D eigenvalue weighted by Crippen LogP contribution is -2.32. The number of thioether (sulfide) groups is 1. The van der Waals surface area contributed by atoms with Crippen LogP contribution in [0.25, 0.3) is 0 Å². The Labute approximate surface area is 168 Å². The number of nitrogens with zero attached hydrogens (tertiary/aromatic N) is 3. The van der Waals surface area contributed by atoms with Crippen LogP contribution < -0.4 is 9.47 Å². The van der Waals surface area contributed by atoms with Crippen molar-refractivity contribution in [3.05, 3.63) is 27.2 Å². The van der Waals surface area contributed by atoms with Crippen LogP contribution in [0.4, 0.5) is 0 Å². The molecule has 0 radical (unpaired) electrons. The second kappa shape index (κ2) is 8.73. The lowest BCUT2D eigenvalue weighted by atomic mass is 9.99. The molecular formula is C18H25N3O2S3. The summed E-state index contributed by atoms with van der Waals surface area (Å²) in [6, 6.07) is 4.19. The fourth-order valence-corrected chi connectivity index (χ4v) is 5.22. The van der Waals surface area contributed by atoms with E-state index in [0.29, 0.717) is 5.92 Å². The van der Waals surface area contributed by atoms with Gasteiger partial charge in [-0.2, -0.15) is 5.10 Å². The molecular weight excluding hydrogens is 386 g/mol. The van der Waals surface area contributed by atoms with Crippen LogP contribution in [0.3, 0.4) is 0 Å². The van der Waals surface area contributed by atoms with E-state index in [1.807, 2.05) is 4.68 Å². The van der Waals surface area contributed by atoms with Gasteiger partial charge in [-0.25, -0.2) is 4.68 Å². The van der Waals surface area contributed by atoms with Crippen molar-refractivity contribution in [3.8, 4) is 11.5 Å². The predicted molar refractivity (Wildman–Crippen MR) is 110 cm³/mol. The van der Waals surface area contributed by atoms with Crippen molar-refractivity contribution in [2.24, 2.45) is 5.92 Å². The van der Waals surface area contributed by atoms with Crippen molar-refractivity contribution >= 4 is 35.3 Å². The number of fused-ring (bicyclic) bond motifs is 1. The number of hydrogen-bond donors (Lipinski definition) is 0. The topological polar surface area (TPSA) is 39.5 Å². The smallest absolute Gasteiger partial charge is 0.181 e. The quantitative estimate of drug-likeness (QED) is 0.495. The largest absolute Gasteiger partial charge is 0.493 e. The number of rotatable bonds is 7. The Morgan fingerprint density at radius 3 is 2.58 bits per heavy atom. The molecule has 0 saturated carbocycles. The van der Waals surface area contributed by atoms with Gasteiger partial charge in [-0.1, -0.05) is 36.9 Å². The molecule has 0 bridgehead atoms. The van der Waals surface area contributed by atoms with Gasteiger partial charge in [0.05, 0.1) is 20.9 Å². The zero-order chi connectivity index (χ0) is 18.7. The first-order valence-corrected chi connectivity index (χ1v) is 10.9. The monoisotopic (exact) mass is 411 g/mol. The Morgan fingerprint density at radius 1 is 1.23 bits per heavy atom. The number of methoxy groups -OCH3 is 2. The minimum atomic E-state index is 0.650. The molecule has 1 aliphatic rings. The van der Waals surface area contributed by atoms with Crippen LogP contribution >= 0.6 is 35.3 Å². The molecule has 2 aromatic rings. The molecule has 0 saturated heterocycles. The average molecular weight is 412 g/mol. The van der Waals surface area contributed by atoms with Crippen LogP contribution in [-0.4, -0.2) is 41.2 Å². The molecule has 0 aliphatic carbocycles. The summed E-state index contributed by atoms with van der Waals surface area (Å²) < 4.78 is 14.7. The second-order valence-corrected chi connectivity index (χ2v) is 9.65. The standard InChI is InChI=1S/C18H25N3O2S3/c1-12(2)10-25-17-19-21(18(24)26-17)11-20-6-5-13-7-15(22-3)16(23-4)8-14(13)9-20/h7-8,12H,5-6,9-11H2,1-4H3. The summed E-state index contributed by atoms with van der Waals surface area (Å²) in [5, 5.41) is 4.70. The zero-order valence-corrected chi connectivity index (χ0v) is 18.1. The summed E-state index contributed by atoms with van der Waals surface area (Å²) in [6.07, 6.45) is 0.988. The van der Waals surface area contributed by atoms with Crippen molar-refractivity contribution in [1.29, 1.82) is 0 Å². The molecule has 26 heavy (non-hydrogen) atoms. The SMILES string of the molecule is COc1cc2c(cc1OC)CN(Cn1nc(SCC(C)C)sc1=S)CC2. The first-order valence-electron chi connectivity index (χ1n) is 8.67. The molecule has 1 aromatic carbocycles. The van der Waals surface area contributed by atoms with Crippen LogP contribution in [0.1, 0.15) is 25.0 Å². The number of hydrogen-bond acceptors (Lipinski definition) is 7. The first-order chi connectivity index (χ1) is 12.5. The van der Waals surface area contributed by atoms with Gasteiger partial charge in [0, 0.05) is 18.8 Å². The predicted octanol–water partition coefficient (Wildman–Crippen LogP) is 4.46. The highest BCUT2D eigenvalue weighted by Gasteiger charge is 2.20. The normalized spacial score (nSPS) is 14.5. The fraction of sp³-hybridized carbons (Fsp3) is 0.556. The molecule has 0 N–H and O–H groups in total. The highest BCUT2D eigenvalue weighted by molar-refractivity contribution is 8.01. The number of ether oxygens (including phenoxy) is 2. The maximum atomic E-state index is 5.51. The third kappa shape index (κ3) is 4.60. The van der Waals surface area contributed by atoms with Gasteiger partial charge in [-0.15, -0.1) is 0 Å². The van der Waals surface area contributed by atoms with Crippen molar-refractivity contribution in [2.75, 3.05) is 26.5 Å². The molecule has 8 heteroatoms. The molecule has 5 nitrogen and oxygen atoms in total. The Morgan fingerprint density at radius 2 is 1.92 bits per heavy atom. The van der Waals surface area contributed by atoms with E-state index in [1.165, 1.54) is 11.1 Å². The van der Waals surface area contributed by atoms with Crippen molar-refractivity contribution in [1.82, 2.24) is 14.7 Å². The van der Waals surface area contributed by atoms with E-state index in [4.69, 9.17) is 26.8 Å². The summed E-state index contributed by atoms with van der Waals surface area (Å²) in [6.45, 7) is 7.01. The van der Waals surface area contributed by atoms with Gasteiger partial charge < -0.3 is 9.47 Å². The summed E-state index contributed by atoms with van der Waals surface area (Å²) in [4.78, 5) is 2.38. The van der Waals surface area contributed by atoms with Gasteiger partial charge in [0.15, 0.2) is 19.8 Å². The van der Waals surface area contributed by atoms with Crippen molar-refractivity contribution < 1.29 is 9.47 Å². The van der Waals surface area contributed by atoms with E-state index >= 15 is 0 Å². The third-order valence-electron chi connectivity index (χ3n) is 4.26. The van der Waals surface area contributed by atoms with Crippen LogP contribution in [0.15, 0.2) is 16.5 Å². The maximum Gasteiger partial charge on any atom is 0.181 e. The van der Waals surface area contributed by atoms with Crippen LogP contribution in [-0.2, 0) is 19.6 Å². The Kier molecular flexibility index (Phi) is 6.60. The van der Waals surface area contributed by atoms with Gasteiger partial charge in [-0.05, 0) is 47.8 Å². The van der Waals surface area contributed by atoms with Gasteiger partial charge >= 0.3 is 0 Å². The van der Waals surface area contributed by atoms with E-state index in [-0.39, 0.29) is 0 Å². The summed E-state index contributed by atoms with van der Waals surface area (Å²) >= 11 is 8.92. The molecule has 3 rings (SSSR count). The van der Waals surface area contributed by atoms with Crippen LogP contribution in [0.2, 0.25) is 0 Å². The minimum Gasteiger partial charge on any atom is -0.493 e. The molecule has 1 aliphatic heterocycles. The summed E-state index contributed by atoms with van der Waals surface area (Å²) in [5.41, 5.74) is 2.61. The Bertz CT molecular complexity index is 816. The first kappa shape index (κ1) is 19.7. The lowest BCUT2D eigenvalue weighted by Gasteiger charge is -2.29. The zero-order valence-electron chi connectivity index (χ0n) is 15.7. The van der Waals surface area contributed by atoms with E-state index in [0.717, 1.165) is 51.7 Å². The highest BCUT2D eigenvalue weighted by atomic mass is 32.2. The number of benzene rings is 1. The van der Waals surface area contributed by atoms with E-state index in [9.17, 15) is 0 Å². The minimum absolute atomic E-state index is 0.650. The van der Waals surface area contributed by atoms with Gasteiger partial charge in [0.25, 0.3) is 0 Å². The van der Waals surface area contributed by atoms with E-state index in [2.05, 4.69) is 30.9 Å². The highest BCUT2D eigenvalue weighted by Crippen LogP contribution is 2.33. The molecule has 0 unspecified atom stereocenters. The molecule has 2 heterocycles. The average Bonchev–Trinajstić information content (AvgIpc) is 2.98. The fourth-order valence-electron chi connectivity index (χ4n) is 2.92. The van der Waals surface area contributed by atoms with Gasteiger partial charge in [0.1, 0.15) is 0 Å². The molecule has 0 fully saturated rings. The molecule has 142 valence electrons. The van der Waals surface area contributed by atoms with Crippen LogP contribution in [0, 0.1) is 9.87 Å². The summed E-state index contributed by atoms with van der Waals surface area (Å²) in [7, 11) is 3.36.